The van der Waals surface area contributed by atoms with Crippen LogP contribution in [-0.2, 0) is 25.6 Å². The number of hydrogen-bond acceptors (Lipinski definition) is 3. The standard InChI is InChI=1S/C35H28F6N4O3/c36-25-18-29(37)27(30(38)19-25)20-45-32(26-8-3-9-28(31(26)42-45)35(39,40)41)23-6-1-4-21(16-23)10-11-22-5-2-7-24(17-22)33(46)43-12-14-44(15-13-43)34(47)48/h1-9,16-19H,10-15,20H2,(H,47,48). The smallest absolute Gasteiger partial charge is 0.418 e. The van der Waals surface area contributed by atoms with Gasteiger partial charge in [-0.1, -0.05) is 42.5 Å². The van der Waals surface area contributed by atoms with E-state index in [4.69, 9.17) is 5.11 Å². The second kappa shape index (κ2) is 13.1. The van der Waals surface area contributed by atoms with Crippen LogP contribution in [-0.4, -0.2) is 62.9 Å². The minimum atomic E-state index is -4.74. The maximum absolute atomic E-state index is 14.7. The molecule has 1 aromatic heterocycles. The van der Waals surface area contributed by atoms with Gasteiger partial charge in [-0.3, -0.25) is 9.48 Å². The number of carbonyl (C=O) groups is 2. The van der Waals surface area contributed by atoms with Gasteiger partial charge in [0.25, 0.3) is 5.91 Å². The molecule has 5 aromatic rings. The predicted octanol–water partition coefficient (Wildman–Crippen LogP) is 7.41. The molecular weight excluding hydrogens is 638 g/mol. The topological polar surface area (TPSA) is 78.7 Å². The van der Waals surface area contributed by atoms with Crippen molar-refractivity contribution in [1.29, 1.82) is 0 Å². The second-order valence-corrected chi connectivity index (χ2v) is 11.5. The van der Waals surface area contributed by atoms with Gasteiger partial charge in [0.1, 0.15) is 23.0 Å². The lowest BCUT2D eigenvalue weighted by molar-refractivity contribution is -0.136. The van der Waals surface area contributed by atoms with Crippen LogP contribution in [0.3, 0.4) is 0 Å². The van der Waals surface area contributed by atoms with Gasteiger partial charge in [0, 0.05) is 60.4 Å². The van der Waals surface area contributed by atoms with Crippen LogP contribution in [0.25, 0.3) is 22.2 Å². The van der Waals surface area contributed by atoms with E-state index in [1.807, 2.05) is 12.1 Å². The number of rotatable bonds is 7. The molecule has 7 nitrogen and oxygen atoms in total. The molecule has 1 saturated heterocycles. The van der Waals surface area contributed by atoms with E-state index >= 15 is 0 Å². The summed E-state index contributed by atoms with van der Waals surface area (Å²) in [6, 6.07) is 18.7. The van der Waals surface area contributed by atoms with E-state index in [0.717, 1.165) is 21.9 Å². The van der Waals surface area contributed by atoms with E-state index in [0.29, 0.717) is 49.2 Å². The van der Waals surface area contributed by atoms with Gasteiger partial charge in [-0.15, -0.1) is 0 Å². The van der Waals surface area contributed by atoms with Crippen LogP contribution in [0, 0.1) is 17.5 Å². The third-order valence-electron chi connectivity index (χ3n) is 8.40. The Kier molecular flexibility index (Phi) is 8.87. The van der Waals surface area contributed by atoms with Crippen LogP contribution in [0.2, 0.25) is 0 Å². The van der Waals surface area contributed by atoms with Gasteiger partial charge in [-0.2, -0.15) is 18.3 Å². The van der Waals surface area contributed by atoms with Gasteiger partial charge in [0.05, 0.1) is 17.8 Å². The van der Waals surface area contributed by atoms with Gasteiger partial charge < -0.3 is 14.9 Å². The normalized spacial score (nSPS) is 13.7. The number of amides is 2. The molecule has 2 amide bonds. The molecule has 6 rings (SSSR count). The monoisotopic (exact) mass is 666 g/mol. The maximum atomic E-state index is 14.7. The molecule has 13 heteroatoms. The van der Waals surface area contributed by atoms with Crippen LogP contribution >= 0.6 is 0 Å². The highest BCUT2D eigenvalue weighted by Gasteiger charge is 2.35. The first-order valence-corrected chi connectivity index (χ1v) is 15.0. The lowest BCUT2D eigenvalue weighted by Gasteiger charge is -2.33. The molecule has 1 aliphatic heterocycles. The molecular formula is C35H28F6N4O3. The molecule has 0 spiro atoms. The fraction of sp³-hybridized carbons (Fsp3) is 0.229. The number of carbonyl (C=O) groups excluding carboxylic acids is 1. The van der Waals surface area contributed by atoms with Crippen molar-refractivity contribution in [1.82, 2.24) is 19.6 Å². The fourth-order valence-corrected chi connectivity index (χ4v) is 5.98. The Morgan fingerprint density at radius 3 is 2.02 bits per heavy atom. The summed E-state index contributed by atoms with van der Waals surface area (Å²) in [5, 5.41) is 13.5. The van der Waals surface area contributed by atoms with Gasteiger partial charge in [-0.05, 0) is 48.2 Å². The van der Waals surface area contributed by atoms with Crippen LogP contribution in [0.15, 0.2) is 78.9 Å². The van der Waals surface area contributed by atoms with Gasteiger partial charge in [0.15, 0.2) is 0 Å². The number of benzene rings is 4. The number of carboxylic acid groups (broad SMARTS) is 1. The summed E-state index contributed by atoms with van der Waals surface area (Å²) in [4.78, 5) is 27.2. The molecule has 0 aliphatic carbocycles. The maximum Gasteiger partial charge on any atom is 0.418 e. The van der Waals surface area contributed by atoms with Crippen molar-refractivity contribution in [2.45, 2.75) is 25.6 Å². The molecule has 248 valence electrons. The zero-order chi connectivity index (χ0) is 34.2. The summed E-state index contributed by atoms with van der Waals surface area (Å²) in [6.45, 7) is 0.458. The van der Waals surface area contributed by atoms with Crippen molar-refractivity contribution in [3.63, 3.8) is 0 Å². The molecule has 0 saturated carbocycles. The number of aromatic nitrogens is 2. The highest BCUT2D eigenvalue weighted by atomic mass is 19.4. The molecule has 0 unspecified atom stereocenters. The number of piperazine rings is 1. The van der Waals surface area contributed by atoms with Crippen molar-refractivity contribution in [3.8, 4) is 11.3 Å². The van der Waals surface area contributed by atoms with E-state index in [1.54, 1.807) is 41.3 Å². The third-order valence-corrected chi connectivity index (χ3v) is 8.40. The summed E-state index contributed by atoms with van der Waals surface area (Å²) >= 11 is 0. The molecule has 48 heavy (non-hydrogen) atoms. The van der Waals surface area contributed by atoms with E-state index < -0.39 is 47.4 Å². The van der Waals surface area contributed by atoms with Gasteiger partial charge in [0.2, 0.25) is 0 Å². The number of hydrogen-bond donors (Lipinski definition) is 1. The van der Waals surface area contributed by atoms with E-state index in [9.17, 15) is 35.9 Å². The lowest BCUT2D eigenvalue weighted by Crippen LogP contribution is -2.50. The zero-order valence-corrected chi connectivity index (χ0v) is 25.3. The van der Waals surface area contributed by atoms with E-state index in [-0.39, 0.29) is 35.6 Å². The Morgan fingerprint density at radius 2 is 1.38 bits per heavy atom. The average Bonchev–Trinajstić information content (AvgIpc) is 3.43. The Labute approximate surface area is 270 Å². The largest absolute Gasteiger partial charge is 0.465 e. The van der Waals surface area contributed by atoms with Crippen LogP contribution in [0.4, 0.5) is 31.1 Å². The molecule has 1 fully saturated rings. The first-order chi connectivity index (χ1) is 22.9. The number of alkyl halides is 3. The molecule has 4 aromatic carbocycles. The van der Waals surface area contributed by atoms with Crippen LogP contribution < -0.4 is 0 Å². The molecule has 0 atom stereocenters. The van der Waals surface area contributed by atoms with Crippen molar-refractivity contribution in [3.05, 3.63) is 124 Å². The molecule has 1 N–H and O–H groups in total. The molecule has 1 aliphatic rings. The van der Waals surface area contributed by atoms with Crippen LogP contribution in [0.5, 0.6) is 0 Å². The van der Waals surface area contributed by atoms with Crippen molar-refractivity contribution >= 4 is 22.9 Å². The Morgan fingerprint density at radius 1 is 0.771 bits per heavy atom. The predicted molar refractivity (Wildman–Crippen MR) is 165 cm³/mol. The first-order valence-electron chi connectivity index (χ1n) is 15.0. The minimum Gasteiger partial charge on any atom is -0.465 e. The highest BCUT2D eigenvalue weighted by molar-refractivity contribution is 5.96. The Hall–Kier alpha value is -5.33. The second-order valence-electron chi connectivity index (χ2n) is 11.5. The van der Waals surface area contributed by atoms with Crippen molar-refractivity contribution < 1.29 is 41.0 Å². The Balaban J connectivity index is 1.28. The zero-order valence-electron chi connectivity index (χ0n) is 25.3. The SMILES string of the molecule is O=C(O)N1CCN(C(=O)c2cccc(CCc3cccc(-c4c5cccc(C(F)(F)F)c5nn4Cc4c(F)cc(F)cc4F)c3)c2)CC1. The van der Waals surface area contributed by atoms with Crippen LogP contribution in [0.1, 0.15) is 32.6 Å². The quantitative estimate of drug-likeness (QED) is 0.184. The molecule has 2 heterocycles. The average molecular weight is 667 g/mol. The third kappa shape index (κ3) is 6.71. The van der Waals surface area contributed by atoms with Crippen molar-refractivity contribution in [2.75, 3.05) is 26.2 Å². The minimum absolute atomic E-state index is 0.125. The number of aryl methyl sites for hydroxylation is 2. The lowest BCUT2D eigenvalue weighted by atomic mass is 9.98. The summed E-state index contributed by atoms with van der Waals surface area (Å²) in [6.07, 6.45) is -4.76. The van der Waals surface area contributed by atoms with E-state index in [1.165, 1.54) is 17.0 Å². The number of halogens is 6. The number of nitrogens with zero attached hydrogens (tertiary/aromatic N) is 4. The summed E-state index contributed by atoms with van der Waals surface area (Å²) in [5.41, 5.74) is 0.866. The summed E-state index contributed by atoms with van der Waals surface area (Å²) < 4.78 is 85.9. The fourth-order valence-electron chi connectivity index (χ4n) is 5.98. The highest BCUT2D eigenvalue weighted by Crippen LogP contribution is 2.38. The number of fused-ring (bicyclic) bond motifs is 1. The van der Waals surface area contributed by atoms with Gasteiger partial charge in [-0.25, -0.2) is 18.0 Å². The first kappa shape index (κ1) is 32.6. The van der Waals surface area contributed by atoms with Gasteiger partial charge >= 0.3 is 12.3 Å². The molecule has 0 bridgehead atoms. The Bertz CT molecular complexity index is 1990. The van der Waals surface area contributed by atoms with E-state index in [2.05, 4.69) is 5.10 Å². The summed E-state index contributed by atoms with van der Waals surface area (Å²) in [7, 11) is 0. The molecule has 0 radical (unpaired) electrons. The summed E-state index contributed by atoms with van der Waals surface area (Å²) in [5.74, 6) is -3.70. The van der Waals surface area contributed by atoms with Crippen molar-refractivity contribution in [2.24, 2.45) is 0 Å².